The molecule has 1 aromatic heterocycles. The van der Waals surface area contributed by atoms with Crippen LogP contribution in [-0.2, 0) is 14.8 Å². The van der Waals surface area contributed by atoms with Crippen molar-refractivity contribution in [1.82, 2.24) is 9.29 Å². The van der Waals surface area contributed by atoms with Crippen LogP contribution in [0.25, 0.3) is 11.3 Å². The van der Waals surface area contributed by atoms with Gasteiger partial charge in [0.05, 0.1) is 22.1 Å². The van der Waals surface area contributed by atoms with Crippen LogP contribution >= 0.6 is 27.3 Å². The molecule has 0 aliphatic carbocycles. The Bertz CT molecular complexity index is 1110. The van der Waals surface area contributed by atoms with E-state index >= 15 is 0 Å². The third-order valence-corrected chi connectivity index (χ3v) is 7.42. The van der Waals surface area contributed by atoms with Crippen molar-refractivity contribution in [2.45, 2.75) is 18.7 Å². The Morgan fingerprint density at radius 1 is 1.21 bits per heavy atom. The number of anilines is 1. The predicted octanol–water partition coefficient (Wildman–Crippen LogP) is 4.53. The van der Waals surface area contributed by atoms with Crippen LogP contribution in [0.1, 0.15) is 11.9 Å². The first-order valence-corrected chi connectivity index (χ1v) is 12.0. The number of halogens is 1. The summed E-state index contributed by atoms with van der Waals surface area (Å²) in [6.45, 7) is 3.55. The van der Waals surface area contributed by atoms with Crippen molar-refractivity contribution in [2.24, 2.45) is 0 Å². The lowest BCUT2D eigenvalue weighted by molar-refractivity contribution is -0.116. The third-order valence-electron chi connectivity index (χ3n) is 4.19. The van der Waals surface area contributed by atoms with Crippen molar-refractivity contribution >= 4 is 48.9 Å². The van der Waals surface area contributed by atoms with E-state index in [1.807, 2.05) is 30.5 Å². The highest BCUT2D eigenvalue weighted by Crippen LogP contribution is 2.24. The van der Waals surface area contributed by atoms with Gasteiger partial charge in [-0.2, -0.15) is 4.31 Å². The number of likely N-dealkylation sites (N-methyl/N-ethyl adjacent to an activating group) is 1. The molecule has 2 aromatic carbocycles. The molecule has 3 rings (SSSR count). The van der Waals surface area contributed by atoms with Gasteiger partial charge in [-0.3, -0.25) is 4.79 Å². The maximum Gasteiger partial charge on any atom is 0.243 e. The van der Waals surface area contributed by atoms with E-state index in [0.717, 1.165) is 25.0 Å². The van der Waals surface area contributed by atoms with E-state index in [9.17, 15) is 13.2 Å². The lowest BCUT2D eigenvalue weighted by atomic mass is 10.1. The quantitative estimate of drug-likeness (QED) is 0.524. The van der Waals surface area contributed by atoms with Gasteiger partial charge in [0.15, 0.2) is 0 Å². The monoisotopic (exact) mass is 493 g/mol. The molecule has 0 fully saturated rings. The Morgan fingerprint density at radius 2 is 1.93 bits per heavy atom. The number of nitrogens with zero attached hydrogens (tertiary/aromatic N) is 2. The second-order valence-electron chi connectivity index (χ2n) is 6.27. The zero-order valence-electron chi connectivity index (χ0n) is 15.9. The fraction of sp³-hybridized carbons (Fsp3) is 0.200. The molecule has 1 N–H and O–H groups in total. The first kappa shape index (κ1) is 21.6. The van der Waals surface area contributed by atoms with Crippen LogP contribution in [0, 0.1) is 6.92 Å². The van der Waals surface area contributed by atoms with Crippen molar-refractivity contribution in [3.63, 3.8) is 0 Å². The van der Waals surface area contributed by atoms with Gasteiger partial charge in [-0.1, -0.05) is 35.0 Å². The molecule has 29 heavy (non-hydrogen) atoms. The van der Waals surface area contributed by atoms with E-state index in [1.165, 1.54) is 12.1 Å². The molecule has 3 aromatic rings. The predicted molar refractivity (Wildman–Crippen MR) is 119 cm³/mol. The zero-order valence-corrected chi connectivity index (χ0v) is 19.1. The lowest BCUT2D eigenvalue weighted by Gasteiger charge is -2.20. The highest BCUT2D eigenvalue weighted by Gasteiger charge is 2.25. The Morgan fingerprint density at radius 3 is 2.55 bits per heavy atom. The van der Waals surface area contributed by atoms with Crippen molar-refractivity contribution in [2.75, 3.05) is 18.4 Å². The summed E-state index contributed by atoms with van der Waals surface area (Å²) in [5.41, 5.74) is 2.33. The number of thiazole rings is 1. The molecule has 0 atom stereocenters. The van der Waals surface area contributed by atoms with Crippen molar-refractivity contribution in [3.8, 4) is 11.3 Å². The van der Waals surface area contributed by atoms with Gasteiger partial charge in [0, 0.05) is 27.6 Å². The SMILES string of the molecule is CCN(CC(=O)Nc1cccc(-c2csc(C)n2)c1)S(=O)(=O)c1ccc(Br)cc1. The summed E-state index contributed by atoms with van der Waals surface area (Å²) < 4.78 is 27.6. The molecule has 0 bridgehead atoms. The normalized spacial score (nSPS) is 11.6. The summed E-state index contributed by atoms with van der Waals surface area (Å²) in [6, 6.07) is 13.7. The minimum Gasteiger partial charge on any atom is -0.325 e. The molecule has 1 amide bonds. The van der Waals surface area contributed by atoms with Crippen LogP contribution in [0.2, 0.25) is 0 Å². The van der Waals surface area contributed by atoms with Crippen LogP contribution in [0.15, 0.2) is 63.3 Å². The number of sulfonamides is 1. The molecule has 0 spiro atoms. The van der Waals surface area contributed by atoms with E-state index in [1.54, 1.807) is 36.5 Å². The van der Waals surface area contributed by atoms with Gasteiger partial charge in [-0.05, 0) is 43.3 Å². The average molecular weight is 494 g/mol. The minimum atomic E-state index is -3.76. The number of aromatic nitrogens is 1. The molecule has 0 unspecified atom stereocenters. The van der Waals surface area contributed by atoms with Crippen molar-refractivity contribution < 1.29 is 13.2 Å². The molecular weight excluding hydrogens is 474 g/mol. The fourth-order valence-electron chi connectivity index (χ4n) is 2.74. The molecule has 1 heterocycles. The maximum absolute atomic E-state index is 12.8. The Kier molecular flexibility index (Phi) is 6.84. The van der Waals surface area contributed by atoms with Crippen LogP contribution in [0.3, 0.4) is 0 Å². The van der Waals surface area contributed by atoms with E-state index < -0.39 is 15.9 Å². The number of nitrogens with one attached hydrogen (secondary N) is 1. The Labute approximate surface area is 182 Å². The number of aryl methyl sites for hydroxylation is 1. The standard InChI is InChI=1S/C20H20BrN3O3S2/c1-3-24(29(26,27)18-9-7-16(21)8-10-18)12-20(25)23-17-6-4-5-15(11-17)19-13-28-14(2)22-19/h4-11,13H,3,12H2,1-2H3,(H,23,25). The highest BCUT2D eigenvalue weighted by molar-refractivity contribution is 9.10. The molecular formula is C20H20BrN3O3S2. The number of benzene rings is 2. The number of carbonyl (C=O) groups excluding carboxylic acids is 1. The average Bonchev–Trinajstić information content (AvgIpc) is 3.13. The largest absolute Gasteiger partial charge is 0.325 e. The topological polar surface area (TPSA) is 79.4 Å². The molecule has 0 radical (unpaired) electrons. The number of rotatable bonds is 7. The second-order valence-corrected chi connectivity index (χ2v) is 10.2. The van der Waals surface area contributed by atoms with Gasteiger partial charge in [0.1, 0.15) is 0 Å². The van der Waals surface area contributed by atoms with Crippen molar-refractivity contribution in [1.29, 1.82) is 0 Å². The van der Waals surface area contributed by atoms with Crippen LogP contribution in [0.5, 0.6) is 0 Å². The molecule has 0 saturated carbocycles. The highest BCUT2D eigenvalue weighted by atomic mass is 79.9. The Hall–Kier alpha value is -2.07. The van der Waals surface area contributed by atoms with Gasteiger partial charge in [-0.15, -0.1) is 11.3 Å². The minimum absolute atomic E-state index is 0.149. The van der Waals surface area contributed by atoms with Crippen molar-refractivity contribution in [3.05, 3.63) is 63.4 Å². The first-order chi connectivity index (χ1) is 13.8. The molecule has 6 nitrogen and oxygen atoms in total. The van der Waals surface area contributed by atoms with E-state index in [2.05, 4.69) is 26.2 Å². The van der Waals surface area contributed by atoms with Gasteiger partial charge in [-0.25, -0.2) is 13.4 Å². The van der Waals surface area contributed by atoms with Crippen LogP contribution in [0.4, 0.5) is 5.69 Å². The number of hydrogen-bond donors (Lipinski definition) is 1. The van der Waals surface area contributed by atoms with Gasteiger partial charge < -0.3 is 5.32 Å². The fourth-order valence-corrected chi connectivity index (χ4v) is 5.03. The first-order valence-electron chi connectivity index (χ1n) is 8.87. The van der Waals surface area contributed by atoms with E-state index in [-0.39, 0.29) is 18.0 Å². The third kappa shape index (κ3) is 5.30. The maximum atomic E-state index is 12.8. The molecule has 0 aliphatic rings. The summed E-state index contributed by atoms with van der Waals surface area (Å²) in [4.78, 5) is 17.1. The van der Waals surface area contributed by atoms with Gasteiger partial charge >= 0.3 is 0 Å². The second kappa shape index (κ2) is 9.17. The van der Waals surface area contributed by atoms with Gasteiger partial charge in [0.25, 0.3) is 0 Å². The number of hydrogen-bond acceptors (Lipinski definition) is 5. The summed E-state index contributed by atoms with van der Waals surface area (Å²) >= 11 is 4.85. The molecule has 9 heteroatoms. The molecule has 0 saturated heterocycles. The molecule has 152 valence electrons. The van der Waals surface area contributed by atoms with E-state index in [0.29, 0.717) is 5.69 Å². The molecule has 0 aliphatic heterocycles. The number of carbonyl (C=O) groups is 1. The van der Waals surface area contributed by atoms with Gasteiger partial charge in [0.2, 0.25) is 15.9 Å². The summed E-state index contributed by atoms with van der Waals surface area (Å²) in [6.07, 6.45) is 0. The van der Waals surface area contributed by atoms with Crippen LogP contribution in [-0.4, -0.2) is 36.7 Å². The van der Waals surface area contributed by atoms with E-state index in [4.69, 9.17) is 0 Å². The number of amides is 1. The Balaban J connectivity index is 1.73. The summed E-state index contributed by atoms with van der Waals surface area (Å²) in [5, 5.41) is 5.70. The van der Waals surface area contributed by atoms with Crippen LogP contribution < -0.4 is 5.32 Å². The smallest absolute Gasteiger partial charge is 0.243 e. The summed E-state index contributed by atoms with van der Waals surface area (Å²) in [7, 11) is -3.76. The summed E-state index contributed by atoms with van der Waals surface area (Å²) in [5.74, 6) is -0.404. The zero-order chi connectivity index (χ0) is 21.0. The lowest BCUT2D eigenvalue weighted by Crippen LogP contribution is -2.37.